The number of aliphatic imine (C=N–C) groups is 1. The molecular weight excluding hydrogens is 316 g/mol. The van der Waals surface area contributed by atoms with E-state index in [1.807, 2.05) is 25.1 Å². The van der Waals surface area contributed by atoms with Crippen molar-refractivity contribution < 1.29 is 9.47 Å². The zero-order chi connectivity index (χ0) is 18.5. The molecular formula is C19H34N4O2. The maximum atomic E-state index is 5.92. The maximum absolute atomic E-state index is 5.92. The highest BCUT2D eigenvalue weighted by atomic mass is 16.5. The molecule has 0 bridgehead atoms. The lowest BCUT2D eigenvalue weighted by Gasteiger charge is -2.19. The molecule has 1 rings (SSSR count). The molecule has 0 aromatic heterocycles. The van der Waals surface area contributed by atoms with Crippen molar-refractivity contribution in [1.82, 2.24) is 15.5 Å². The van der Waals surface area contributed by atoms with Gasteiger partial charge in [-0.25, -0.2) is 0 Å². The fourth-order valence-corrected chi connectivity index (χ4v) is 2.34. The quantitative estimate of drug-likeness (QED) is 0.363. The fraction of sp³-hybridized carbons (Fsp3) is 0.632. The third-order valence-electron chi connectivity index (χ3n) is 3.79. The number of likely N-dealkylation sites (N-methyl/N-ethyl adjacent to an activating group) is 1. The Balaban J connectivity index is 2.20. The van der Waals surface area contributed by atoms with Crippen LogP contribution in [-0.4, -0.2) is 71.0 Å². The average molecular weight is 351 g/mol. The molecule has 0 fully saturated rings. The first-order chi connectivity index (χ1) is 12.0. The van der Waals surface area contributed by atoms with Crippen LogP contribution < -0.4 is 15.4 Å². The highest BCUT2D eigenvalue weighted by Gasteiger charge is 2.06. The Labute approximate surface area is 152 Å². The van der Waals surface area contributed by atoms with E-state index in [4.69, 9.17) is 9.47 Å². The molecule has 1 aromatic rings. The molecule has 1 unspecified atom stereocenters. The molecule has 1 atom stereocenters. The summed E-state index contributed by atoms with van der Waals surface area (Å²) in [6.07, 6.45) is 1.11. The fourth-order valence-electron chi connectivity index (χ4n) is 2.34. The lowest BCUT2D eigenvalue weighted by atomic mass is 10.2. The summed E-state index contributed by atoms with van der Waals surface area (Å²) in [4.78, 5) is 6.52. The van der Waals surface area contributed by atoms with E-state index in [2.05, 4.69) is 40.6 Å². The van der Waals surface area contributed by atoms with Crippen LogP contribution in [0, 0.1) is 6.92 Å². The highest BCUT2D eigenvalue weighted by molar-refractivity contribution is 5.79. The van der Waals surface area contributed by atoms with Crippen molar-refractivity contribution in [2.24, 2.45) is 4.99 Å². The van der Waals surface area contributed by atoms with E-state index in [0.717, 1.165) is 44.4 Å². The number of methoxy groups -OCH3 is 1. The lowest BCUT2D eigenvalue weighted by molar-refractivity contribution is 0.161. The number of hydrogen-bond donors (Lipinski definition) is 2. The molecule has 0 saturated carbocycles. The van der Waals surface area contributed by atoms with E-state index < -0.39 is 0 Å². The number of hydrogen-bond acceptors (Lipinski definition) is 4. The first kappa shape index (κ1) is 21.3. The van der Waals surface area contributed by atoms with Crippen molar-refractivity contribution in [3.8, 4) is 5.75 Å². The molecule has 6 nitrogen and oxygen atoms in total. The summed E-state index contributed by atoms with van der Waals surface area (Å²) in [5.41, 5.74) is 1.20. The van der Waals surface area contributed by atoms with Crippen LogP contribution in [0.3, 0.4) is 0 Å². The second-order valence-corrected chi connectivity index (χ2v) is 6.27. The number of rotatable bonds is 11. The molecule has 1 aromatic carbocycles. The molecule has 0 aliphatic heterocycles. The van der Waals surface area contributed by atoms with Gasteiger partial charge in [-0.2, -0.15) is 0 Å². The number of guanidine groups is 1. The third-order valence-corrected chi connectivity index (χ3v) is 3.79. The van der Waals surface area contributed by atoms with Gasteiger partial charge in [-0.05, 0) is 51.6 Å². The minimum atomic E-state index is 0.0560. The zero-order valence-corrected chi connectivity index (χ0v) is 16.3. The standard InChI is InChI=1S/C19H34N4O2/c1-16-8-6-9-18(14-16)25-17(2)15-22-19(20-3)21-10-7-11-23(4)12-13-24-5/h6,8-9,14,17H,7,10-13,15H2,1-5H3,(H2,20,21,22). The summed E-state index contributed by atoms with van der Waals surface area (Å²) in [6.45, 7) is 8.44. The summed E-state index contributed by atoms with van der Waals surface area (Å²) in [7, 11) is 5.62. The third kappa shape index (κ3) is 9.94. The molecule has 0 aliphatic carbocycles. The van der Waals surface area contributed by atoms with Crippen LogP contribution in [-0.2, 0) is 4.74 Å². The molecule has 0 heterocycles. The minimum absolute atomic E-state index is 0.0560. The minimum Gasteiger partial charge on any atom is -0.489 e. The second kappa shape index (κ2) is 12.6. The van der Waals surface area contributed by atoms with E-state index in [1.165, 1.54) is 5.56 Å². The van der Waals surface area contributed by atoms with Crippen LogP contribution in [0.5, 0.6) is 5.75 Å². The summed E-state index contributed by atoms with van der Waals surface area (Å²) in [6, 6.07) is 8.10. The molecule has 142 valence electrons. The van der Waals surface area contributed by atoms with E-state index in [9.17, 15) is 0 Å². The summed E-state index contributed by atoms with van der Waals surface area (Å²) < 4.78 is 11.0. The molecule has 6 heteroatoms. The normalized spacial score (nSPS) is 13.0. The molecule has 25 heavy (non-hydrogen) atoms. The van der Waals surface area contributed by atoms with Gasteiger partial charge in [-0.3, -0.25) is 4.99 Å². The van der Waals surface area contributed by atoms with E-state index in [-0.39, 0.29) is 6.10 Å². The van der Waals surface area contributed by atoms with Crippen molar-refractivity contribution in [1.29, 1.82) is 0 Å². The first-order valence-electron chi connectivity index (χ1n) is 8.90. The van der Waals surface area contributed by atoms with Gasteiger partial charge in [-0.15, -0.1) is 0 Å². The predicted molar refractivity (Wildman–Crippen MR) is 105 cm³/mol. The molecule has 0 radical (unpaired) electrons. The van der Waals surface area contributed by atoms with Gasteiger partial charge in [-0.1, -0.05) is 12.1 Å². The summed E-state index contributed by atoms with van der Waals surface area (Å²) in [5, 5.41) is 6.64. The Bertz CT molecular complexity index is 508. The smallest absolute Gasteiger partial charge is 0.191 e. The SMILES string of the molecule is CN=C(NCCCN(C)CCOC)NCC(C)Oc1cccc(C)c1. The van der Waals surface area contributed by atoms with E-state index in [1.54, 1.807) is 14.2 Å². The number of nitrogens with zero attached hydrogens (tertiary/aromatic N) is 2. The van der Waals surface area contributed by atoms with Crippen LogP contribution in [0.2, 0.25) is 0 Å². The Morgan fingerprint density at radius 1 is 1.28 bits per heavy atom. The second-order valence-electron chi connectivity index (χ2n) is 6.27. The van der Waals surface area contributed by atoms with Gasteiger partial charge in [0.05, 0.1) is 13.2 Å². The Kier molecular flexibility index (Phi) is 10.7. The van der Waals surface area contributed by atoms with Crippen LogP contribution in [0.4, 0.5) is 0 Å². The molecule has 0 saturated heterocycles. The maximum Gasteiger partial charge on any atom is 0.191 e. The van der Waals surface area contributed by atoms with Crippen molar-refractivity contribution in [2.45, 2.75) is 26.4 Å². The Morgan fingerprint density at radius 3 is 2.76 bits per heavy atom. The van der Waals surface area contributed by atoms with Crippen LogP contribution in [0.25, 0.3) is 0 Å². The Morgan fingerprint density at radius 2 is 2.08 bits per heavy atom. The predicted octanol–water partition coefficient (Wildman–Crippen LogP) is 1.90. The van der Waals surface area contributed by atoms with Gasteiger partial charge in [0.25, 0.3) is 0 Å². The highest BCUT2D eigenvalue weighted by Crippen LogP contribution is 2.13. The number of nitrogens with one attached hydrogen (secondary N) is 2. The largest absolute Gasteiger partial charge is 0.489 e. The van der Waals surface area contributed by atoms with Gasteiger partial charge < -0.3 is 25.0 Å². The van der Waals surface area contributed by atoms with Gasteiger partial charge >= 0.3 is 0 Å². The van der Waals surface area contributed by atoms with Gasteiger partial charge in [0.2, 0.25) is 0 Å². The molecule has 0 aliphatic rings. The van der Waals surface area contributed by atoms with Crippen molar-refractivity contribution in [2.75, 3.05) is 54.0 Å². The van der Waals surface area contributed by atoms with E-state index >= 15 is 0 Å². The number of benzene rings is 1. The number of aryl methyl sites for hydroxylation is 1. The van der Waals surface area contributed by atoms with Gasteiger partial charge in [0.15, 0.2) is 5.96 Å². The number of ether oxygens (including phenoxy) is 2. The average Bonchev–Trinajstić information content (AvgIpc) is 2.59. The molecule has 0 spiro atoms. The van der Waals surface area contributed by atoms with Crippen molar-refractivity contribution in [3.63, 3.8) is 0 Å². The molecule has 2 N–H and O–H groups in total. The zero-order valence-electron chi connectivity index (χ0n) is 16.3. The summed E-state index contributed by atoms with van der Waals surface area (Å²) >= 11 is 0. The van der Waals surface area contributed by atoms with Crippen LogP contribution in [0.1, 0.15) is 18.9 Å². The summed E-state index contributed by atoms with van der Waals surface area (Å²) in [5.74, 6) is 1.70. The first-order valence-corrected chi connectivity index (χ1v) is 8.90. The van der Waals surface area contributed by atoms with Gasteiger partial charge in [0, 0.05) is 27.2 Å². The topological polar surface area (TPSA) is 58.1 Å². The Hall–Kier alpha value is -1.79. The monoisotopic (exact) mass is 350 g/mol. The lowest BCUT2D eigenvalue weighted by Crippen LogP contribution is -2.42. The molecule has 0 amide bonds. The van der Waals surface area contributed by atoms with Crippen molar-refractivity contribution in [3.05, 3.63) is 29.8 Å². The van der Waals surface area contributed by atoms with E-state index in [0.29, 0.717) is 6.54 Å². The van der Waals surface area contributed by atoms with Gasteiger partial charge in [0.1, 0.15) is 11.9 Å². The van der Waals surface area contributed by atoms with Crippen molar-refractivity contribution >= 4 is 5.96 Å². The van der Waals surface area contributed by atoms with Crippen LogP contribution in [0.15, 0.2) is 29.3 Å². The van der Waals surface area contributed by atoms with Crippen LogP contribution >= 0.6 is 0 Å².